The Bertz CT molecular complexity index is 570. The molecule has 1 aromatic heterocycles. The van der Waals surface area contributed by atoms with Crippen LogP contribution in [0.1, 0.15) is 16.1 Å². The minimum absolute atomic E-state index is 0.168. The minimum atomic E-state index is -0.384. The summed E-state index contributed by atoms with van der Waals surface area (Å²) in [6.07, 6.45) is 1.49. The molecule has 0 aliphatic carbocycles. The summed E-state index contributed by atoms with van der Waals surface area (Å²) in [6.45, 7) is 0.210. The third kappa shape index (κ3) is 2.75. The molecule has 0 saturated heterocycles. The van der Waals surface area contributed by atoms with Gasteiger partial charge >= 0.3 is 0 Å². The molecule has 1 amide bonds. The first-order chi connectivity index (χ1) is 8.58. The fourth-order valence-electron chi connectivity index (χ4n) is 1.37. The van der Waals surface area contributed by atoms with Crippen molar-refractivity contribution in [3.63, 3.8) is 0 Å². The predicted molar refractivity (Wildman–Crippen MR) is 68.5 cm³/mol. The maximum Gasteiger partial charge on any atom is 0.253 e. The van der Waals surface area contributed by atoms with Crippen molar-refractivity contribution in [2.75, 3.05) is 5.73 Å². The Balaban J connectivity index is 2.14. The van der Waals surface area contributed by atoms with Crippen LogP contribution in [0, 0.1) is 0 Å². The van der Waals surface area contributed by atoms with Crippen molar-refractivity contribution in [1.29, 1.82) is 0 Å². The number of aromatic nitrogens is 1. The van der Waals surface area contributed by atoms with Crippen molar-refractivity contribution in [3.05, 3.63) is 45.8 Å². The number of hydrogen-bond donors (Lipinski definition) is 2. The first-order valence-electron chi connectivity index (χ1n) is 5.00. The third-order valence-electron chi connectivity index (χ3n) is 2.21. The number of amides is 1. The largest absolute Gasteiger partial charge is 0.399 e. The first-order valence-corrected chi connectivity index (χ1v) is 5.76. The van der Waals surface area contributed by atoms with E-state index in [1.54, 1.807) is 6.07 Å². The van der Waals surface area contributed by atoms with Crippen molar-refractivity contribution < 1.29 is 9.32 Å². The molecule has 0 unspecified atom stereocenters. The molecular weight excluding hydrogens is 277 g/mol. The van der Waals surface area contributed by atoms with E-state index < -0.39 is 0 Å². The number of nitrogens with zero attached hydrogens (tertiary/aromatic N) is 1. The van der Waals surface area contributed by atoms with Crippen molar-refractivity contribution in [2.45, 2.75) is 6.54 Å². The van der Waals surface area contributed by atoms with E-state index in [1.807, 2.05) is 0 Å². The number of carbonyl (C=O) groups excluding carboxylic acids is 1. The quantitative estimate of drug-likeness (QED) is 0.849. The van der Waals surface area contributed by atoms with Crippen molar-refractivity contribution in [3.8, 4) is 0 Å². The van der Waals surface area contributed by atoms with Gasteiger partial charge in [0.05, 0.1) is 28.4 Å². The van der Waals surface area contributed by atoms with E-state index in [-0.39, 0.29) is 28.1 Å². The smallest absolute Gasteiger partial charge is 0.253 e. The molecule has 1 aromatic carbocycles. The molecular formula is C11H9Cl2N3O2. The number of nitrogens with two attached hydrogens (primary N) is 1. The number of nitrogen functional groups attached to an aromatic ring is 1. The lowest BCUT2D eigenvalue weighted by atomic mass is 10.2. The summed E-state index contributed by atoms with van der Waals surface area (Å²) in [5, 5.41) is 6.56. The Morgan fingerprint density at radius 3 is 2.89 bits per heavy atom. The molecule has 7 heteroatoms. The summed E-state index contributed by atoms with van der Waals surface area (Å²) in [7, 11) is 0. The van der Waals surface area contributed by atoms with Crippen LogP contribution >= 0.6 is 23.2 Å². The SMILES string of the molecule is Nc1cc(Cl)c(Cl)c(C(=O)NCc2ccno2)c1. The summed E-state index contributed by atoms with van der Waals surface area (Å²) in [5.74, 6) is 0.153. The second-order valence-electron chi connectivity index (χ2n) is 3.53. The Labute approximate surface area is 113 Å². The Kier molecular flexibility index (Phi) is 3.74. The van der Waals surface area contributed by atoms with Gasteiger partial charge < -0.3 is 15.6 Å². The van der Waals surface area contributed by atoms with E-state index in [0.717, 1.165) is 0 Å². The predicted octanol–water partition coefficient (Wildman–Crippen LogP) is 2.49. The molecule has 0 aliphatic heterocycles. The van der Waals surface area contributed by atoms with E-state index in [0.29, 0.717) is 11.4 Å². The Hall–Kier alpha value is -1.72. The molecule has 0 saturated carbocycles. The van der Waals surface area contributed by atoms with Gasteiger partial charge in [0.1, 0.15) is 0 Å². The topological polar surface area (TPSA) is 81.2 Å². The summed E-state index contributed by atoms with van der Waals surface area (Å²) >= 11 is 11.8. The maximum absolute atomic E-state index is 11.9. The number of halogens is 2. The summed E-state index contributed by atoms with van der Waals surface area (Å²) in [5.41, 5.74) is 6.20. The van der Waals surface area contributed by atoms with E-state index >= 15 is 0 Å². The molecule has 18 heavy (non-hydrogen) atoms. The summed E-state index contributed by atoms with van der Waals surface area (Å²) < 4.78 is 4.85. The number of carbonyl (C=O) groups is 1. The zero-order valence-corrected chi connectivity index (χ0v) is 10.6. The second-order valence-corrected chi connectivity index (χ2v) is 4.31. The highest BCUT2D eigenvalue weighted by Crippen LogP contribution is 2.28. The van der Waals surface area contributed by atoms with E-state index in [4.69, 9.17) is 33.5 Å². The molecule has 0 aliphatic rings. The molecule has 0 fully saturated rings. The number of rotatable bonds is 3. The van der Waals surface area contributed by atoms with E-state index in [2.05, 4.69) is 10.5 Å². The average Bonchev–Trinajstić information content (AvgIpc) is 2.83. The van der Waals surface area contributed by atoms with Gasteiger partial charge in [0.25, 0.3) is 5.91 Å². The van der Waals surface area contributed by atoms with Crippen LogP contribution in [0.4, 0.5) is 5.69 Å². The van der Waals surface area contributed by atoms with Crippen molar-refractivity contribution >= 4 is 34.8 Å². The van der Waals surface area contributed by atoms with Gasteiger partial charge in [0.2, 0.25) is 0 Å². The molecule has 94 valence electrons. The molecule has 1 heterocycles. The second kappa shape index (κ2) is 5.29. The van der Waals surface area contributed by atoms with E-state index in [1.165, 1.54) is 18.3 Å². The normalized spacial score (nSPS) is 10.3. The molecule has 0 spiro atoms. The van der Waals surface area contributed by atoms with Crippen molar-refractivity contribution in [2.24, 2.45) is 0 Å². The van der Waals surface area contributed by atoms with Gasteiger partial charge in [-0.3, -0.25) is 4.79 Å². The lowest BCUT2D eigenvalue weighted by Crippen LogP contribution is -2.23. The summed E-state index contributed by atoms with van der Waals surface area (Å²) in [6, 6.07) is 4.59. The minimum Gasteiger partial charge on any atom is -0.399 e. The monoisotopic (exact) mass is 285 g/mol. The standard InChI is InChI=1S/C11H9Cl2N3O2/c12-9-4-6(14)3-8(10(9)13)11(17)15-5-7-1-2-16-18-7/h1-4H,5,14H2,(H,15,17). The molecule has 5 nitrogen and oxygen atoms in total. The zero-order chi connectivity index (χ0) is 13.1. The van der Waals surface area contributed by atoms with Crippen LogP contribution in [0.2, 0.25) is 10.0 Å². The molecule has 0 bridgehead atoms. The molecule has 2 rings (SSSR count). The number of hydrogen-bond acceptors (Lipinski definition) is 4. The van der Waals surface area contributed by atoms with Crippen LogP contribution in [0.15, 0.2) is 28.9 Å². The van der Waals surface area contributed by atoms with Gasteiger partial charge in [-0.15, -0.1) is 0 Å². The highest BCUT2D eigenvalue weighted by molar-refractivity contribution is 6.44. The van der Waals surface area contributed by atoms with Gasteiger partial charge in [-0.2, -0.15) is 0 Å². The van der Waals surface area contributed by atoms with Crippen LogP contribution in [0.3, 0.4) is 0 Å². The lowest BCUT2D eigenvalue weighted by Gasteiger charge is -2.07. The number of benzene rings is 1. The molecule has 0 radical (unpaired) electrons. The zero-order valence-electron chi connectivity index (χ0n) is 9.11. The van der Waals surface area contributed by atoms with Crippen LogP contribution in [0.5, 0.6) is 0 Å². The van der Waals surface area contributed by atoms with Gasteiger partial charge in [0, 0.05) is 11.8 Å². The van der Waals surface area contributed by atoms with Gasteiger partial charge in [-0.1, -0.05) is 28.4 Å². The number of nitrogens with one attached hydrogen (secondary N) is 1. The van der Waals surface area contributed by atoms with E-state index in [9.17, 15) is 4.79 Å². The maximum atomic E-state index is 11.9. The highest BCUT2D eigenvalue weighted by atomic mass is 35.5. The lowest BCUT2D eigenvalue weighted by molar-refractivity contribution is 0.0947. The Morgan fingerprint density at radius 1 is 1.44 bits per heavy atom. The van der Waals surface area contributed by atoms with Crippen LogP contribution in [0.25, 0.3) is 0 Å². The Morgan fingerprint density at radius 2 is 2.22 bits per heavy atom. The third-order valence-corrected chi connectivity index (χ3v) is 3.01. The van der Waals surface area contributed by atoms with Gasteiger partial charge in [-0.05, 0) is 12.1 Å². The number of anilines is 1. The first kappa shape index (κ1) is 12.7. The molecule has 3 N–H and O–H groups in total. The fourth-order valence-corrected chi connectivity index (χ4v) is 1.79. The van der Waals surface area contributed by atoms with Gasteiger partial charge in [-0.25, -0.2) is 0 Å². The molecule has 2 aromatic rings. The highest BCUT2D eigenvalue weighted by Gasteiger charge is 2.14. The summed E-state index contributed by atoms with van der Waals surface area (Å²) in [4.78, 5) is 11.9. The van der Waals surface area contributed by atoms with Crippen LogP contribution in [-0.2, 0) is 6.54 Å². The van der Waals surface area contributed by atoms with Gasteiger partial charge in [0.15, 0.2) is 5.76 Å². The average molecular weight is 286 g/mol. The van der Waals surface area contributed by atoms with Crippen LogP contribution < -0.4 is 11.1 Å². The van der Waals surface area contributed by atoms with Crippen LogP contribution in [-0.4, -0.2) is 11.1 Å². The fraction of sp³-hybridized carbons (Fsp3) is 0.0909. The van der Waals surface area contributed by atoms with Crippen molar-refractivity contribution in [1.82, 2.24) is 10.5 Å². The molecule has 0 atom stereocenters.